The first-order valence-corrected chi connectivity index (χ1v) is 6.16. The molecule has 1 unspecified atom stereocenters. The minimum atomic E-state index is -1.45. The van der Waals surface area contributed by atoms with Crippen LogP contribution >= 0.6 is 0 Å². The zero-order chi connectivity index (χ0) is 14.5. The summed E-state index contributed by atoms with van der Waals surface area (Å²) >= 11 is 0. The highest BCUT2D eigenvalue weighted by molar-refractivity contribution is 5.78. The number of carboxylic acids is 1. The summed E-state index contributed by atoms with van der Waals surface area (Å²) in [6.07, 6.45) is 2.25. The van der Waals surface area contributed by atoms with E-state index < -0.39 is 12.1 Å². The summed E-state index contributed by atoms with van der Waals surface area (Å²) in [4.78, 5) is 26.3. The van der Waals surface area contributed by atoms with E-state index in [1.807, 2.05) is 28.8 Å². The number of aliphatic carboxylic acids is 1. The van der Waals surface area contributed by atoms with Gasteiger partial charge in [-0.1, -0.05) is 6.07 Å². The normalized spacial score (nSPS) is 12.2. The SMILES string of the molecule is O=C(Cc1cn2ccccc2n1)NCCC(O)C(=O)O. The number of nitrogens with one attached hydrogen (secondary N) is 1. The van der Waals surface area contributed by atoms with Crippen molar-refractivity contribution >= 4 is 17.5 Å². The minimum Gasteiger partial charge on any atom is -0.479 e. The number of hydrogen-bond acceptors (Lipinski definition) is 4. The highest BCUT2D eigenvalue weighted by atomic mass is 16.4. The van der Waals surface area contributed by atoms with Crippen LogP contribution in [0.15, 0.2) is 30.6 Å². The Hall–Kier alpha value is -2.41. The molecule has 3 N–H and O–H groups in total. The average molecular weight is 277 g/mol. The molecular weight excluding hydrogens is 262 g/mol. The van der Waals surface area contributed by atoms with Crippen LogP contribution < -0.4 is 5.32 Å². The van der Waals surface area contributed by atoms with Gasteiger partial charge in [0.1, 0.15) is 5.65 Å². The fourth-order valence-electron chi connectivity index (χ4n) is 1.77. The number of aliphatic hydroxyl groups is 1. The molecular formula is C13H15N3O4. The predicted octanol–water partition coefficient (Wildman–Crippen LogP) is -0.171. The van der Waals surface area contributed by atoms with Crippen molar-refractivity contribution in [3.05, 3.63) is 36.3 Å². The maximum atomic E-state index is 11.7. The third-order valence-electron chi connectivity index (χ3n) is 2.78. The Balaban J connectivity index is 1.84. The summed E-state index contributed by atoms with van der Waals surface area (Å²) in [5, 5.41) is 20.1. The number of carboxylic acid groups (broad SMARTS) is 1. The Morgan fingerprint density at radius 1 is 1.40 bits per heavy atom. The van der Waals surface area contributed by atoms with Crippen LogP contribution in [0.25, 0.3) is 5.65 Å². The van der Waals surface area contributed by atoms with Crippen molar-refractivity contribution in [2.45, 2.75) is 18.9 Å². The van der Waals surface area contributed by atoms with Gasteiger partial charge in [-0.2, -0.15) is 0 Å². The van der Waals surface area contributed by atoms with E-state index in [0.717, 1.165) is 5.65 Å². The molecule has 2 rings (SSSR count). The largest absolute Gasteiger partial charge is 0.479 e. The van der Waals surface area contributed by atoms with Crippen molar-refractivity contribution in [1.29, 1.82) is 0 Å². The van der Waals surface area contributed by atoms with E-state index in [4.69, 9.17) is 10.2 Å². The monoisotopic (exact) mass is 277 g/mol. The van der Waals surface area contributed by atoms with E-state index in [9.17, 15) is 9.59 Å². The van der Waals surface area contributed by atoms with E-state index in [2.05, 4.69) is 10.3 Å². The summed E-state index contributed by atoms with van der Waals surface area (Å²) in [6.45, 7) is 0.111. The lowest BCUT2D eigenvalue weighted by Gasteiger charge is -2.06. The zero-order valence-electron chi connectivity index (χ0n) is 10.7. The minimum absolute atomic E-state index is 0.0216. The third kappa shape index (κ3) is 3.55. The van der Waals surface area contributed by atoms with Crippen LogP contribution in [0.5, 0.6) is 0 Å². The van der Waals surface area contributed by atoms with Gasteiger partial charge in [0.2, 0.25) is 5.91 Å². The van der Waals surface area contributed by atoms with Gasteiger partial charge in [0.05, 0.1) is 12.1 Å². The summed E-state index contributed by atoms with van der Waals surface area (Å²) < 4.78 is 1.82. The van der Waals surface area contributed by atoms with E-state index in [1.165, 1.54) is 0 Å². The molecule has 0 spiro atoms. The van der Waals surface area contributed by atoms with Crippen LogP contribution in [0.2, 0.25) is 0 Å². The van der Waals surface area contributed by atoms with Crippen molar-refractivity contribution in [3.8, 4) is 0 Å². The van der Waals surface area contributed by atoms with E-state index >= 15 is 0 Å². The number of aliphatic hydroxyl groups excluding tert-OH is 1. The first kappa shape index (κ1) is 14.0. The first-order chi connectivity index (χ1) is 9.56. The molecule has 0 aliphatic rings. The second-order valence-electron chi connectivity index (χ2n) is 4.37. The fourth-order valence-corrected chi connectivity index (χ4v) is 1.77. The standard InChI is InChI=1S/C13H15N3O4/c17-10(13(19)20)4-5-14-12(18)7-9-8-16-6-2-1-3-11(16)15-9/h1-3,6,8,10,17H,4-5,7H2,(H,14,18)(H,19,20). The lowest BCUT2D eigenvalue weighted by molar-refractivity contribution is -0.147. The van der Waals surface area contributed by atoms with Gasteiger partial charge in [-0.3, -0.25) is 4.79 Å². The number of imidazole rings is 1. The van der Waals surface area contributed by atoms with Gasteiger partial charge in [0.25, 0.3) is 0 Å². The second kappa shape index (κ2) is 6.16. The number of fused-ring (bicyclic) bond motifs is 1. The van der Waals surface area contributed by atoms with Crippen molar-refractivity contribution < 1.29 is 19.8 Å². The molecule has 1 atom stereocenters. The Bertz CT molecular complexity index is 590. The number of nitrogens with zero attached hydrogens (tertiary/aromatic N) is 2. The van der Waals surface area contributed by atoms with Crippen LogP contribution in [-0.2, 0) is 16.0 Å². The van der Waals surface area contributed by atoms with Gasteiger partial charge >= 0.3 is 5.97 Å². The molecule has 0 aromatic carbocycles. The molecule has 0 radical (unpaired) electrons. The number of carbonyl (C=O) groups excluding carboxylic acids is 1. The number of hydrogen-bond donors (Lipinski definition) is 3. The van der Waals surface area contributed by atoms with Crippen LogP contribution in [0.4, 0.5) is 0 Å². The van der Waals surface area contributed by atoms with Crippen molar-refractivity contribution in [1.82, 2.24) is 14.7 Å². The quantitative estimate of drug-likeness (QED) is 0.680. The molecule has 1 amide bonds. The fraction of sp³-hybridized carbons (Fsp3) is 0.308. The number of aromatic nitrogens is 2. The molecule has 0 fully saturated rings. The molecule has 106 valence electrons. The number of amides is 1. The molecule has 0 saturated heterocycles. The zero-order valence-corrected chi connectivity index (χ0v) is 10.7. The predicted molar refractivity (Wildman–Crippen MR) is 70.2 cm³/mol. The molecule has 2 aromatic rings. The Morgan fingerprint density at radius 2 is 2.20 bits per heavy atom. The summed E-state index contributed by atoms with van der Waals surface area (Å²) in [7, 11) is 0. The highest BCUT2D eigenvalue weighted by Crippen LogP contribution is 2.05. The molecule has 20 heavy (non-hydrogen) atoms. The lowest BCUT2D eigenvalue weighted by atomic mass is 10.2. The van der Waals surface area contributed by atoms with Gasteiger partial charge < -0.3 is 19.9 Å². The van der Waals surface area contributed by atoms with Crippen LogP contribution in [-0.4, -0.2) is 44.1 Å². The Morgan fingerprint density at radius 3 is 2.90 bits per heavy atom. The van der Waals surface area contributed by atoms with E-state index in [0.29, 0.717) is 5.69 Å². The first-order valence-electron chi connectivity index (χ1n) is 6.16. The molecule has 0 aliphatic carbocycles. The number of carbonyl (C=O) groups is 2. The van der Waals surface area contributed by atoms with Crippen molar-refractivity contribution in [2.75, 3.05) is 6.54 Å². The van der Waals surface area contributed by atoms with Gasteiger partial charge in [0, 0.05) is 25.4 Å². The highest BCUT2D eigenvalue weighted by Gasteiger charge is 2.13. The van der Waals surface area contributed by atoms with Crippen molar-refractivity contribution in [3.63, 3.8) is 0 Å². The van der Waals surface area contributed by atoms with E-state index in [1.54, 1.807) is 6.20 Å². The average Bonchev–Trinajstić information content (AvgIpc) is 2.80. The third-order valence-corrected chi connectivity index (χ3v) is 2.78. The molecule has 0 saturated carbocycles. The summed E-state index contributed by atoms with van der Waals surface area (Å²) in [5.41, 5.74) is 1.39. The van der Waals surface area contributed by atoms with Crippen molar-refractivity contribution in [2.24, 2.45) is 0 Å². The number of pyridine rings is 1. The smallest absolute Gasteiger partial charge is 0.332 e. The maximum Gasteiger partial charge on any atom is 0.332 e. The topological polar surface area (TPSA) is 104 Å². The number of rotatable bonds is 6. The molecule has 2 aromatic heterocycles. The summed E-state index contributed by atoms with van der Waals surface area (Å²) in [5.74, 6) is -1.55. The Kier molecular flexibility index (Phi) is 4.31. The molecule has 2 heterocycles. The molecule has 0 bridgehead atoms. The Labute approximate surface area is 114 Å². The molecule has 7 nitrogen and oxygen atoms in total. The van der Waals surface area contributed by atoms with Gasteiger partial charge in [-0.15, -0.1) is 0 Å². The maximum absolute atomic E-state index is 11.7. The summed E-state index contributed by atoms with van der Waals surface area (Å²) in [6, 6.07) is 5.57. The van der Waals surface area contributed by atoms with Gasteiger partial charge in [-0.25, -0.2) is 9.78 Å². The van der Waals surface area contributed by atoms with Gasteiger partial charge in [0.15, 0.2) is 6.10 Å². The van der Waals surface area contributed by atoms with E-state index in [-0.39, 0.29) is 25.3 Å². The van der Waals surface area contributed by atoms with Crippen LogP contribution in [0, 0.1) is 0 Å². The molecule has 0 aliphatic heterocycles. The lowest BCUT2D eigenvalue weighted by Crippen LogP contribution is -2.31. The van der Waals surface area contributed by atoms with Crippen LogP contribution in [0.1, 0.15) is 12.1 Å². The van der Waals surface area contributed by atoms with Gasteiger partial charge in [-0.05, 0) is 12.1 Å². The second-order valence-corrected chi connectivity index (χ2v) is 4.37. The van der Waals surface area contributed by atoms with Crippen LogP contribution in [0.3, 0.4) is 0 Å². The molecule has 7 heteroatoms.